The second kappa shape index (κ2) is 8.66. The first kappa shape index (κ1) is 19.6. The zero-order valence-corrected chi connectivity index (χ0v) is 14.9. The number of ether oxygens (including phenoxy) is 2. The Morgan fingerprint density at radius 3 is 2.75 bits per heavy atom. The number of para-hydroxylation sites is 2. The van der Waals surface area contributed by atoms with Gasteiger partial charge in [0.05, 0.1) is 10.7 Å². The summed E-state index contributed by atoms with van der Waals surface area (Å²) in [4.78, 5) is 12.3. The van der Waals surface area contributed by atoms with Crippen molar-refractivity contribution in [3.63, 3.8) is 0 Å². The standard InChI is InChI=1S/C18H13ClF3N3O3/c19-12-9-11(5-6-13(12)20)27-10-25-8-7-15(24-25)17(26)23-14-3-1-2-4-16(14)28-18(21)22/h1-9,18H,10H2,(H,23,26). The number of nitrogens with zero attached hydrogens (tertiary/aromatic N) is 2. The summed E-state index contributed by atoms with van der Waals surface area (Å²) in [5.74, 6) is -1.02. The van der Waals surface area contributed by atoms with Crippen molar-refractivity contribution < 1.29 is 27.4 Å². The smallest absolute Gasteiger partial charge is 0.387 e. The van der Waals surface area contributed by atoms with Gasteiger partial charge in [-0.2, -0.15) is 13.9 Å². The molecular weight excluding hydrogens is 399 g/mol. The third-order valence-electron chi connectivity index (χ3n) is 3.48. The molecule has 1 amide bonds. The molecule has 0 saturated heterocycles. The number of alkyl halides is 2. The van der Waals surface area contributed by atoms with Crippen LogP contribution in [0, 0.1) is 5.82 Å². The lowest BCUT2D eigenvalue weighted by Gasteiger charge is -2.10. The molecule has 0 aliphatic carbocycles. The molecule has 3 aromatic rings. The molecule has 0 saturated carbocycles. The molecule has 0 aliphatic heterocycles. The first-order valence-corrected chi connectivity index (χ1v) is 8.26. The van der Waals surface area contributed by atoms with Crippen molar-refractivity contribution in [2.24, 2.45) is 0 Å². The molecule has 10 heteroatoms. The van der Waals surface area contributed by atoms with Gasteiger partial charge in [-0.1, -0.05) is 23.7 Å². The minimum Gasteiger partial charge on any atom is -0.471 e. The SMILES string of the molecule is O=C(Nc1ccccc1OC(F)F)c1ccn(COc2ccc(F)c(Cl)c2)n1. The Labute approximate surface area is 162 Å². The Bertz CT molecular complexity index is 981. The van der Waals surface area contributed by atoms with Gasteiger partial charge in [-0.05, 0) is 30.3 Å². The largest absolute Gasteiger partial charge is 0.471 e. The normalized spacial score (nSPS) is 10.8. The quantitative estimate of drug-likeness (QED) is 0.618. The number of carbonyl (C=O) groups is 1. The van der Waals surface area contributed by atoms with E-state index in [2.05, 4.69) is 15.2 Å². The Balaban J connectivity index is 1.63. The van der Waals surface area contributed by atoms with Gasteiger partial charge >= 0.3 is 6.61 Å². The maximum absolute atomic E-state index is 13.1. The van der Waals surface area contributed by atoms with Crippen LogP contribution in [0.3, 0.4) is 0 Å². The molecule has 0 atom stereocenters. The fourth-order valence-corrected chi connectivity index (χ4v) is 2.39. The zero-order valence-electron chi connectivity index (χ0n) is 14.1. The molecule has 1 N–H and O–H groups in total. The van der Waals surface area contributed by atoms with E-state index in [0.717, 1.165) is 0 Å². The lowest BCUT2D eigenvalue weighted by atomic mass is 10.3. The number of hydrogen-bond donors (Lipinski definition) is 1. The molecule has 2 aromatic carbocycles. The Hall–Kier alpha value is -3.20. The molecule has 3 rings (SSSR count). The number of amides is 1. The van der Waals surface area contributed by atoms with Gasteiger partial charge in [0.2, 0.25) is 0 Å². The predicted octanol–water partition coefficient (Wildman–Crippen LogP) is 4.57. The highest BCUT2D eigenvalue weighted by molar-refractivity contribution is 6.30. The van der Waals surface area contributed by atoms with Gasteiger partial charge in [-0.25, -0.2) is 9.07 Å². The molecule has 6 nitrogen and oxygen atoms in total. The summed E-state index contributed by atoms with van der Waals surface area (Å²) in [7, 11) is 0. The van der Waals surface area contributed by atoms with Gasteiger partial charge in [0.15, 0.2) is 12.4 Å². The Kier molecular flexibility index (Phi) is 6.05. The zero-order chi connectivity index (χ0) is 20.1. The van der Waals surface area contributed by atoms with Crippen LogP contribution >= 0.6 is 11.6 Å². The van der Waals surface area contributed by atoms with Crippen molar-refractivity contribution in [2.45, 2.75) is 13.3 Å². The second-order valence-electron chi connectivity index (χ2n) is 5.42. The average Bonchev–Trinajstić information content (AvgIpc) is 3.13. The molecule has 0 radical (unpaired) electrons. The predicted molar refractivity (Wildman–Crippen MR) is 95.3 cm³/mol. The number of rotatable bonds is 7. The first-order valence-electron chi connectivity index (χ1n) is 7.89. The third-order valence-corrected chi connectivity index (χ3v) is 3.77. The van der Waals surface area contributed by atoms with Crippen LogP contribution in [0.5, 0.6) is 11.5 Å². The van der Waals surface area contributed by atoms with Crippen LogP contribution in [0.2, 0.25) is 5.02 Å². The van der Waals surface area contributed by atoms with E-state index < -0.39 is 18.3 Å². The lowest BCUT2D eigenvalue weighted by Crippen LogP contribution is -2.15. The molecule has 0 unspecified atom stereocenters. The maximum Gasteiger partial charge on any atom is 0.387 e. The number of benzene rings is 2. The molecule has 0 spiro atoms. The van der Waals surface area contributed by atoms with Crippen molar-refractivity contribution in [3.8, 4) is 11.5 Å². The fraction of sp³-hybridized carbons (Fsp3) is 0.111. The molecule has 28 heavy (non-hydrogen) atoms. The van der Waals surface area contributed by atoms with E-state index >= 15 is 0 Å². The minimum absolute atomic E-state index is 0.0348. The summed E-state index contributed by atoms with van der Waals surface area (Å²) >= 11 is 5.67. The van der Waals surface area contributed by atoms with Crippen LogP contribution in [-0.4, -0.2) is 22.3 Å². The van der Waals surface area contributed by atoms with Crippen LogP contribution in [0.4, 0.5) is 18.9 Å². The van der Waals surface area contributed by atoms with Crippen LogP contribution in [0.1, 0.15) is 10.5 Å². The molecule has 146 valence electrons. The Morgan fingerprint density at radius 1 is 1.21 bits per heavy atom. The molecule has 0 bridgehead atoms. The minimum atomic E-state index is -3.02. The highest BCUT2D eigenvalue weighted by Gasteiger charge is 2.15. The van der Waals surface area contributed by atoms with Gasteiger partial charge < -0.3 is 14.8 Å². The summed E-state index contributed by atoms with van der Waals surface area (Å²) in [6.07, 6.45) is 1.49. The third kappa shape index (κ3) is 4.95. The number of aromatic nitrogens is 2. The molecule has 0 aliphatic rings. The van der Waals surface area contributed by atoms with Crippen molar-refractivity contribution in [2.75, 3.05) is 5.32 Å². The van der Waals surface area contributed by atoms with E-state index in [1.165, 1.54) is 53.3 Å². The van der Waals surface area contributed by atoms with Crippen LogP contribution in [0.15, 0.2) is 54.7 Å². The maximum atomic E-state index is 13.1. The topological polar surface area (TPSA) is 65.4 Å². The van der Waals surface area contributed by atoms with Crippen molar-refractivity contribution in [3.05, 3.63) is 71.3 Å². The van der Waals surface area contributed by atoms with Crippen molar-refractivity contribution in [1.82, 2.24) is 9.78 Å². The summed E-state index contributed by atoms with van der Waals surface area (Å²) in [5.41, 5.74) is 0.118. The van der Waals surface area contributed by atoms with Gasteiger partial charge in [0, 0.05) is 12.3 Å². The van der Waals surface area contributed by atoms with Crippen LogP contribution in [0.25, 0.3) is 0 Å². The van der Waals surface area contributed by atoms with Gasteiger partial charge in [-0.3, -0.25) is 4.79 Å². The van der Waals surface area contributed by atoms with Crippen molar-refractivity contribution >= 4 is 23.2 Å². The summed E-state index contributed by atoms with van der Waals surface area (Å²) in [6.45, 7) is -3.07. The van der Waals surface area contributed by atoms with Crippen molar-refractivity contribution in [1.29, 1.82) is 0 Å². The summed E-state index contributed by atoms with van der Waals surface area (Å²) in [5, 5.41) is 6.41. The van der Waals surface area contributed by atoms with Gasteiger partial charge in [0.25, 0.3) is 5.91 Å². The van der Waals surface area contributed by atoms with Gasteiger partial charge in [-0.15, -0.1) is 0 Å². The number of carbonyl (C=O) groups excluding carboxylic acids is 1. The molecule has 0 fully saturated rings. The highest BCUT2D eigenvalue weighted by atomic mass is 35.5. The number of halogens is 4. The van der Waals surface area contributed by atoms with E-state index in [4.69, 9.17) is 16.3 Å². The number of hydrogen-bond acceptors (Lipinski definition) is 4. The lowest BCUT2D eigenvalue weighted by molar-refractivity contribution is -0.0493. The molecule has 1 heterocycles. The van der Waals surface area contributed by atoms with E-state index in [-0.39, 0.29) is 28.9 Å². The van der Waals surface area contributed by atoms with E-state index in [0.29, 0.717) is 5.75 Å². The molecule has 1 aromatic heterocycles. The van der Waals surface area contributed by atoms with Crippen LogP contribution < -0.4 is 14.8 Å². The van der Waals surface area contributed by atoms with E-state index in [9.17, 15) is 18.0 Å². The van der Waals surface area contributed by atoms with Crippen LogP contribution in [-0.2, 0) is 6.73 Å². The molecular formula is C18H13ClF3N3O3. The Morgan fingerprint density at radius 2 is 2.00 bits per heavy atom. The number of anilines is 1. The highest BCUT2D eigenvalue weighted by Crippen LogP contribution is 2.26. The second-order valence-corrected chi connectivity index (χ2v) is 5.83. The first-order chi connectivity index (χ1) is 13.4. The monoisotopic (exact) mass is 411 g/mol. The average molecular weight is 412 g/mol. The summed E-state index contributed by atoms with van der Waals surface area (Å²) < 4.78 is 49.1. The van der Waals surface area contributed by atoms with E-state index in [1.54, 1.807) is 6.07 Å². The summed E-state index contributed by atoms with van der Waals surface area (Å²) in [6, 6.07) is 11.1. The van der Waals surface area contributed by atoms with Gasteiger partial charge in [0.1, 0.15) is 17.3 Å². The number of nitrogens with one attached hydrogen (secondary N) is 1. The fourth-order valence-electron chi connectivity index (χ4n) is 2.22. The van der Waals surface area contributed by atoms with E-state index in [1.807, 2.05) is 0 Å².